The van der Waals surface area contributed by atoms with Gasteiger partial charge in [-0.05, 0) is 30.3 Å². The molecule has 0 saturated carbocycles. The number of anilines is 3. The van der Waals surface area contributed by atoms with Gasteiger partial charge in [0.15, 0.2) is 0 Å². The van der Waals surface area contributed by atoms with E-state index in [0.29, 0.717) is 18.8 Å². The number of carbonyl (C=O) groups excluding carboxylic acids is 2. The average Bonchev–Trinajstić information content (AvgIpc) is 2.62. The Hall–Kier alpha value is -3.07. The number of hydrogen-bond donors (Lipinski definition) is 3. The zero-order valence-corrected chi connectivity index (χ0v) is 16.8. The maximum Gasteiger partial charge on any atom is 0.253 e. The maximum atomic E-state index is 12.6. The van der Waals surface area contributed by atoms with Gasteiger partial charge in [-0.15, -0.1) is 0 Å². The molecule has 2 aromatic carbocycles. The fourth-order valence-electron chi connectivity index (χ4n) is 2.55. The van der Waals surface area contributed by atoms with Crippen molar-refractivity contribution >= 4 is 38.9 Å². The molecule has 0 aliphatic carbocycles. The van der Waals surface area contributed by atoms with E-state index in [-0.39, 0.29) is 17.2 Å². The second-order valence-corrected chi connectivity index (χ2v) is 8.08. The number of para-hydroxylation sites is 1. The number of carbonyl (C=O) groups is 2. The van der Waals surface area contributed by atoms with E-state index in [1.807, 2.05) is 42.3 Å². The van der Waals surface area contributed by atoms with Crippen LogP contribution in [0, 0.1) is 0 Å². The molecular weight excluding hydrogens is 380 g/mol. The third-order valence-corrected chi connectivity index (χ3v) is 4.40. The summed E-state index contributed by atoms with van der Waals surface area (Å²) in [7, 11) is -1.65. The van der Waals surface area contributed by atoms with Crippen molar-refractivity contribution in [2.75, 3.05) is 41.3 Å². The summed E-state index contributed by atoms with van der Waals surface area (Å²) in [5.74, 6) is -0.737. The van der Waals surface area contributed by atoms with Gasteiger partial charge >= 0.3 is 0 Å². The van der Waals surface area contributed by atoms with Gasteiger partial charge in [-0.3, -0.25) is 14.3 Å². The minimum atomic E-state index is -3.56. The van der Waals surface area contributed by atoms with Crippen LogP contribution in [0.4, 0.5) is 17.1 Å². The van der Waals surface area contributed by atoms with Crippen molar-refractivity contribution < 1.29 is 18.0 Å². The summed E-state index contributed by atoms with van der Waals surface area (Å²) >= 11 is 0. The summed E-state index contributed by atoms with van der Waals surface area (Å²) in [5.41, 5.74) is 1.69. The molecule has 0 unspecified atom stereocenters. The van der Waals surface area contributed by atoms with Gasteiger partial charge in [-0.2, -0.15) is 0 Å². The number of hydrogen-bond acceptors (Lipinski definition) is 5. The summed E-state index contributed by atoms with van der Waals surface area (Å²) in [6, 6.07) is 14.1. The molecule has 0 radical (unpaired) electrons. The largest absolute Gasteiger partial charge is 0.373 e. The lowest BCUT2D eigenvalue weighted by Gasteiger charge is -2.20. The molecular formula is C19H24N4O4S. The van der Waals surface area contributed by atoms with Crippen molar-refractivity contribution in [3.63, 3.8) is 0 Å². The van der Waals surface area contributed by atoms with E-state index in [4.69, 9.17) is 0 Å². The first kappa shape index (κ1) is 21.2. The van der Waals surface area contributed by atoms with Crippen molar-refractivity contribution in [1.82, 2.24) is 5.32 Å². The number of rotatable bonds is 8. The first-order valence-electron chi connectivity index (χ1n) is 8.59. The van der Waals surface area contributed by atoms with Crippen LogP contribution in [0.1, 0.15) is 17.3 Å². The number of amides is 2. The molecule has 0 aliphatic heterocycles. The van der Waals surface area contributed by atoms with Crippen molar-refractivity contribution in [1.29, 1.82) is 0 Å². The van der Waals surface area contributed by atoms with E-state index in [1.54, 1.807) is 0 Å². The van der Waals surface area contributed by atoms with Crippen LogP contribution < -0.4 is 20.3 Å². The van der Waals surface area contributed by atoms with Crippen molar-refractivity contribution in [3.8, 4) is 0 Å². The molecule has 0 fully saturated rings. The predicted molar refractivity (Wildman–Crippen MR) is 111 cm³/mol. The van der Waals surface area contributed by atoms with Crippen LogP contribution >= 0.6 is 0 Å². The molecule has 28 heavy (non-hydrogen) atoms. The van der Waals surface area contributed by atoms with Crippen LogP contribution in [0.25, 0.3) is 0 Å². The van der Waals surface area contributed by atoms with Crippen LogP contribution in [0.5, 0.6) is 0 Å². The Labute approximate surface area is 165 Å². The normalized spacial score (nSPS) is 10.8. The number of likely N-dealkylation sites (N-methyl/N-ethyl adjacent to an activating group) is 1. The quantitative estimate of drug-likeness (QED) is 0.623. The highest BCUT2D eigenvalue weighted by Crippen LogP contribution is 2.22. The lowest BCUT2D eigenvalue weighted by Crippen LogP contribution is -2.33. The fraction of sp³-hybridized carbons (Fsp3) is 0.263. The number of benzene rings is 2. The second kappa shape index (κ2) is 9.23. The topological polar surface area (TPSA) is 108 Å². The highest BCUT2D eigenvalue weighted by atomic mass is 32.2. The van der Waals surface area contributed by atoms with Crippen molar-refractivity contribution in [3.05, 3.63) is 54.1 Å². The average molecular weight is 404 g/mol. The zero-order chi connectivity index (χ0) is 20.7. The van der Waals surface area contributed by atoms with E-state index < -0.39 is 15.9 Å². The van der Waals surface area contributed by atoms with E-state index in [0.717, 1.165) is 11.9 Å². The SMILES string of the molecule is CC(=O)Nc1ccc(NS(C)(=O)=O)c(C(=O)NCCN(C)c2ccccc2)c1. The molecule has 2 rings (SSSR count). The van der Waals surface area contributed by atoms with E-state index in [1.165, 1.54) is 25.1 Å². The predicted octanol–water partition coefficient (Wildman–Crippen LogP) is 1.88. The lowest BCUT2D eigenvalue weighted by molar-refractivity contribution is -0.114. The molecule has 8 nitrogen and oxygen atoms in total. The highest BCUT2D eigenvalue weighted by molar-refractivity contribution is 7.92. The molecule has 150 valence electrons. The van der Waals surface area contributed by atoms with Gasteiger partial charge in [0.1, 0.15) is 0 Å². The Morgan fingerprint density at radius 2 is 1.75 bits per heavy atom. The summed E-state index contributed by atoms with van der Waals surface area (Å²) in [4.78, 5) is 25.9. The molecule has 0 atom stereocenters. The first-order valence-corrected chi connectivity index (χ1v) is 10.5. The van der Waals surface area contributed by atoms with E-state index in [2.05, 4.69) is 15.4 Å². The molecule has 2 amide bonds. The van der Waals surface area contributed by atoms with Crippen LogP contribution in [0.3, 0.4) is 0 Å². The minimum Gasteiger partial charge on any atom is -0.373 e. The van der Waals surface area contributed by atoms with Gasteiger partial charge in [0.2, 0.25) is 15.9 Å². The summed E-state index contributed by atoms with van der Waals surface area (Å²) < 4.78 is 25.5. The molecule has 0 aliphatic rings. The molecule has 3 N–H and O–H groups in total. The highest BCUT2D eigenvalue weighted by Gasteiger charge is 2.15. The monoisotopic (exact) mass is 404 g/mol. The Morgan fingerprint density at radius 3 is 2.36 bits per heavy atom. The Balaban J connectivity index is 2.11. The van der Waals surface area contributed by atoms with Gasteiger partial charge in [-0.25, -0.2) is 8.42 Å². The molecule has 0 bridgehead atoms. The summed E-state index contributed by atoms with van der Waals surface area (Å²) in [5, 5.41) is 5.36. The molecule has 0 heterocycles. The Bertz CT molecular complexity index is 946. The molecule has 9 heteroatoms. The van der Waals surface area contributed by atoms with Crippen molar-refractivity contribution in [2.45, 2.75) is 6.92 Å². The summed E-state index contributed by atoms with van der Waals surface area (Å²) in [6.45, 7) is 2.27. The van der Waals surface area contributed by atoms with Gasteiger partial charge < -0.3 is 15.5 Å². The maximum absolute atomic E-state index is 12.6. The number of sulfonamides is 1. The zero-order valence-electron chi connectivity index (χ0n) is 16.0. The van der Waals surface area contributed by atoms with Crippen LogP contribution in [-0.2, 0) is 14.8 Å². The molecule has 2 aromatic rings. The molecule has 0 aromatic heterocycles. The van der Waals surface area contributed by atoms with Gasteiger partial charge in [0, 0.05) is 38.4 Å². The van der Waals surface area contributed by atoms with Crippen molar-refractivity contribution in [2.24, 2.45) is 0 Å². The third kappa shape index (κ3) is 6.58. The van der Waals surface area contributed by atoms with Crippen LogP contribution in [0.15, 0.2) is 48.5 Å². The van der Waals surface area contributed by atoms with Crippen LogP contribution in [0.2, 0.25) is 0 Å². The Kier molecular flexibility index (Phi) is 7.00. The minimum absolute atomic E-state index is 0.124. The van der Waals surface area contributed by atoms with Gasteiger partial charge in [0.25, 0.3) is 5.91 Å². The summed E-state index contributed by atoms with van der Waals surface area (Å²) in [6.07, 6.45) is 1.01. The number of nitrogens with zero attached hydrogens (tertiary/aromatic N) is 1. The van der Waals surface area contributed by atoms with Gasteiger partial charge in [-0.1, -0.05) is 18.2 Å². The van der Waals surface area contributed by atoms with Crippen LogP contribution in [-0.4, -0.2) is 46.6 Å². The first-order chi connectivity index (χ1) is 13.2. The smallest absolute Gasteiger partial charge is 0.253 e. The Morgan fingerprint density at radius 1 is 1.07 bits per heavy atom. The third-order valence-electron chi connectivity index (χ3n) is 3.81. The second-order valence-electron chi connectivity index (χ2n) is 6.33. The number of nitrogens with one attached hydrogen (secondary N) is 3. The molecule has 0 spiro atoms. The molecule has 0 saturated heterocycles. The lowest BCUT2D eigenvalue weighted by atomic mass is 10.1. The van der Waals surface area contributed by atoms with E-state index in [9.17, 15) is 18.0 Å². The van der Waals surface area contributed by atoms with E-state index >= 15 is 0 Å². The fourth-order valence-corrected chi connectivity index (χ4v) is 3.12. The van der Waals surface area contributed by atoms with Gasteiger partial charge in [0.05, 0.1) is 17.5 Å². The standard InChI is InChI=1S/C19H24N4O4S/c1-14(24)21-15-9-10-18(22-28(3,26)27)17(13-15)19(25)20-11-12-23(2)16-7-5-4-6-8-16/h4-10,13,22H,11-12H2,1-3H3,(H,20,25)(H,21,24).